The Morgan fingerprint density at radius 3 is 2.83 bits per heavy atom. The Bertz CT molecular complexity index is 397. The minimum absolute atomic E-state index is 0.722. The topological polar surface area (TPSA) is 15.3 Å². The third-order valence-electron chi connectivity index (χ3n) is 4.56. The minimum atomic E-state index is 0.722. The van der Waals surface area contributed by atoms with Crippen LogP contribution in [-0.2, 0) is 6.54 Å². The van der Waals surface area contributed by atoms with E-state index in [0.717, 1.165) is 24.5 Å². The highest BCUT2D eigenvalue weighted by molar-refractivity contribution is 7.08. The number of nitrogens with one attached hydrogen (secondary N) is 1. The van der Waals surface area contributed by atoms with Crippen molar-refractivity contribution in [3.05, 3.63) is 21.9 Å². The van der Waals surface area contributed by atoms with E-state index in [4.69, 9.17) is 0 Å². The summed E-state index contributed by atoms with van der Waals surface area (Å²) in [7, 11) is 0. The van der Waals surface area contributed by atoms with Crippen molar-refractivity contribution < 1.29 is 0 Å². The molecule has 0 bridgehead atoms. The lowest BCUT2D eigenvalue weighted by atomic mass is 10.0. The first-order valence-electron chi connectivity index (χ1n) is 7.27. The standard InChI is InChI=1S/C15H24N2S/c1-3-14-6-16-15(12-4-5-12)8-17(14)7-13-10-18-9-11(13)2/h9-10,12,14-16H,3-8H2,1-2H3. The van der Waals surface area contributed by atoms with Crippen molar-refractivity contribution in [3.63, 3.8) is 0 Å². The molecule has 0 amide bonds. The second-order valence-electron chi connectivity index (χ2n) is 5.92. The highest BCUT2D eigenvalue weighted by atomic mass is 32.1. The molecule has 2 unspecified atom stereocenters. The minimum Gasteiger partial charge on any atom is -0.311 e. The predicted molar refractivity (Wildman–Crippen MR) is 78.1 cm³/mol. The number of aryl methyl sites for hydroxylation is 1. The van der Waals surface area contributed by atoms with Gasteiger partial charge in [0.25, 0.3) is 0 Å². The van der Waals surface area contributed by atoms with Crippen LogP contribution in [0.2, 0.25) is 0 Å². The van der Waals surface area contributed by atoms with Crippen LogP contribution in [0.1, 0.15) is 37.3 Å². The maximum Gasteiger partial charge on any atom is 0.0248 e. The Morgan fingerprint density at radius 1 is 1.39 bits per heavy atom. The molecule has 18 heavy (non-hydrogen) atoms. The highest BCUT2D eigenvalue weighted by Crippen LogP contribution is 2.35. The van der Waals surface area contributed by atoms with Crippen molar-refractivity contribution >= 4 is 11.3 Å². The van der Waals surface area contributed by atoms with Gasteiger partial charge in [0.1, 0.15) is 0 Å². The maximum absolute atomic E-state index is 3.77. The molecule has 0 aromatic carbocycles. The normalized spacial score (nSPS) is 29.7. The predicted octanol–water partition coefficient (Wildman–Crippen LogP) is 3.02. The van der Waals surface area contributed by atoms with Crippen LogP contribution in [0.3, 0.4) is 0 Å². The van der Waals surface area contributed by atoms with Crippen LogP contribution in [0.15, 0.2) is 10.8 Å². The zero-order valence-electron chi connectivity index (χ0n) is 11.5. The Hall–Kier alpha value is -0.380. The van der Waals surface area contributed by atoms with Crippen molar-refractivity contribution in [3.8, 4) is 0 Å². The first kappa shape index (κ1) is 12.6. The lowest BCUT2D eigenvalue weighted by Gasteiger charge is -2.40. The molecule has 1 saturated carbocycles. The molecule has 100 valence electrons. The van der Waals surface area contributed by atoms with Gasteiger partial charge in [0.2, 0.25) is 0 Å². The van der Waals surface area contributed by atoms with Crippen LogP contribution < -0.4 is 5.32 Å². The summed E-state index contributed by atoms with van der Waals surface area (Å²) in [6.07, 6.45) is 4.15. The molecule has 2 atom stereocenters. The van der Waals surface area contributed by atoms with Gasteiger partial charge >= 0.3 is 0 Å². The number of nitrogens with zero attached hydrogens (tertiary/aromatic N) is 1. The first-order valence-corrected chi connectivity index (χ1v) is 8.21. The van der Waals surface area contributed by atoms with Gasteiger partial charge in [-0.25, -0.2) is 0 Å². The summed E-state index contributed by atoms with van der Waals surface area (Å²) in [5.74, 6) is 0.967. The van der Waals surface area contributed by atoms with E-state index in [1.807, 2.05) is 11.3 Å². The molecule has 0 radical (unpaired) electrons. The van der Waals surface area contributed by atoms with E-state index in [2.05, 4.69) is 34.8 Å². The molecule has 3 rings (SSSR count). The fourth-order valence-electron chi connectivity index (χ4n) is 3.06. The van der Waals surface area contributed by atoms with Crippen LogP contribution >= 0.6 is 11.3 Å². The molecular formula is C15H24N2S. The molecule has 1 aromatic heterocycles. The van der Waals surface area contributed by atoms with Gasteiger partial charge in [0.15, 0.2) is 0 Å². The summed E-state index contributed by atoms with van der Waals surface area (Å²) in [5.41, 5.74) is 3.01. The van der Waals surface area contributed by atoms with E-state index in [9.17, 15) is 0 Å². The molecule has 2 heterocycles. The molecular weight excluding hydrogens is 240 g/mol. The third-order valence-corrected chi connectivity index (χ3v) is 5.47. The van der Waals surface area contributed by atoms with E-state index in [0.29, 0.717) is 0 Å². The van der Waals surface area contributed by atoms with Crippen molar-refractivity contribution in [2.24, 2.45) is 5.92 Å². The average molecular weight is 264 g/mol. The summed E-state index contributed by atoms with van der Waals surface area (Å²) in [6, 6.07) is 1.48. The second-order valence-corrected chi connectivity index (χ2v) is 6.67. The molecule has 1 saturated heterocycles. The van der Waals surface area contributed by atoms with Gasteiger partial charge in [-0.3, -0.25) is 4.90 Å². The van der Waals surface area contributed by atoms with Crippen LogP contribution in [0.4, 0.5) is 0 Å². The molecule has 1 aliphatic heterocycles. The van der Waals surface area contributed by atoms with Crippen molar-refractivity contribution in [2.45, 2.75) is 51.7 Å². The zero-order valence-corrected chi connectivity index (χ0v) is 12.3. The van der Waals surface area contributed by atoms with E-state index < -0.39 is 0 Å². The van der Waals surface area contributed by atoms with Crippen LogP contribution in [-0.4, -0.2) is 30.1 Å². The molecule has 0 spiro atoms. The van der Waals surface area contributed by atoms with Crippen molar-refractivity contribution in [2.75, 3.05) is 13.1 Å². The smallest absolute Gasteiger partial charge is 0.0248 e. The SMILES string of the molecule is CCC1CNC(C2CC2)CN1Cc1cscc1C. The Kier molecular flexibility index (Phi) is 3.73. The largest absolute Gasteiger partial charge is 0.311 e. The molecule has 3 heteroatoms. The number of piperazine rings is 1. The van der Waals surface area contributed by atoms with Crippen LogP contribution in [0.5, 0.6) is 0 Å². The summed E-state index contributed by atoms with van der Waals surface area (Å²) in [5, 5.41) is 8.37. The van der Waals surface area contributed by atoms with Gasteiger partial charge in [-0.15, -0.1) is 0 Å². The summed E-state index contributed by atoms with van der Waals surface area (Å²) >= 11 is 1.84. The summed E-state index contributed by atoms with van der Waals surface area (Å²) in [4.78, 5) is 2.72. The molecule has 2 nitrogen and oxygen atoms in total. The van der Waals surface area contributed by atoms with Gasteiger partial charge in [-0.05, 0) is 54.0 Å². The Balaban J connectivity index is 1.67. The first-order chi connectivity index (χ1) is 8.78. The molecule has 1 N–H and O–H groups in total. The summed E-state index contributed by atoms with van der Waals surface area (Å²) in [6.45, 7) is 8.14. The monoisotopic (exact) mass is 264 g/mol. The van der Waals surface area contributed by atoms with Gasteiger partial charge in [-0.2, -0.15) is 11.3 Å². The fourth-order valence-corrected chi connectivity index (χ4v) is 3.91. The van der Waals surface area contributed by atoms with Gasteiger partial charge in [0.05, 0.1) is 0 Å². The average Bonchev–Trinajstić information content (AvgIpc) is 3.15. The quantitative estimate of drug-likeness (QED) is 0.899. The fraction of sp³-hybridized carbons (Fsp3) is 0.733. The zero-order chi connectivity index (χ0) is 12.5. The number of thiophene rings is 1. The lowest BCUT2D eigenvalue weighted by Crippen LogP contribution is -2.56. The second kappa shape index (κ2) is 5.32. The highest BCUT2D eigenvalue weighted by Gasteiger charge is 2.36. The van der Waals surface area contributed by atoms with Crippen LogP contribution in [0.25, 0.3) is 0 Å². The number of hydrogen-bond acceptors (Lipinski definition) is 3. The molecule has 1 aromatic rings. The van der Waals surface area contributed by atoms with Gasteiger partial charge in [0, 0.05) is 31.7 Å². The van der Waals surface area contributed by atoms with E-state index in [1.165, 1.54) is 43.5 Å². The van der Waals surface area contributed by atoms with Gasteiger partial charge < -0.3 is 5.32 Å². The van der Waals surface area contributed by atoms with Gasteiger partial charge in [-0.1, -0.05) is 6.92 Å². The molecule has 2 aliphatic rings. The number of hydrogen-bond donors (Lipinski definition) is 1. The number of rotatable bonds is 4. The molecule has 1 aliphatic carbocycles. The van der Waals surface area contributed by atoms with E-state index in [-0.39, 0.29) is 0 Å². The van der Waals surface area contributed by atoms with E-state index >= 15 is 0 Å². The lowest BCUT2D eigenvalue weighted by molar-refractivity contribution is 0.111. The maximum atomic E-state index is 3.77. The van der Waals surface area contributed by atoms with Crippen molar-refractivity contribution in [1.29, 1.82) is 0 Å². The Morgan fingerprint density at radius 2 is 2.22 bits per heavy atom. The summed E-state index contributed by atoms with van der Waals surface area (Å²) < 4.78 is 0. The van der Waals surface area contributed by atoms with Crippen molar-refractivity contribution in [1.82, 2.24) is 10.2 Å². The van der Waals surface area contributed by atoms with E-state index in [1.54, 1.807) is 0 Å². The third kappa shape index (κ3) is 2.63. The molecule has 2 fully saturated rings. The van der Waals surface area contributed by atoms with Crippen LogP contribution in [0, 0.1) is 12.8 Å². The Labute approximate surface area is 114 Å².